The molecule has 24 heavy (non-hydrogen) atoms. The minimum absolute atomic E-state index is 0.104. The summed E-state index contributed by atoms with van der Waals surface area (Å²) in [6.07, 6.45) is -2.59. The number of hydrogen-bond acceptors (Lipinski definition) is 8. The first-order chi connectivity index (χ1) is 11.3. The van der Waals surface area contributed by atoms with Gasteiger partial charge in [-0.25, -0.2) is 14.4 Å². The van der Waals surface area contributed by atoms with Crippen LogP contribution in [0, 0.1) is 0 Å². The van der Waals surface area contributed by atoms with Crippen molar-refractivity contribution in [1.82, 2.24) is 0 Å². The van der Waals surface area contributed by atoms with Gasteiger partial charge in [0.25, 0.3) is 0 Å². The lowest BCUT2D eigenvalue weighted by atomic mass is 10.2. The summed E-state index contributed by atoms with van der Waals surface area (Å²) in [4.78, 5) is 40.9. The molecule has 1 aromatic rings. The maximum absolute atomic E-state index is 11.4. The Bertz CT molecular complexity index is 651. The molecule has 0 saturated carbocycles. The van der Waals surface area contributed by atoms with Crippen LogP contribution in [0.4, 0.5) is 0 Å². The zero-order valence-corrected chi connectivity index (χ0v) is 12.3. The third-order valence-corrected chi connectivity index (χ3v) is 2.63. The molecule has 10 heteroatoms. The Morgan fingerprint density at radius 1 is 1.17 bits per heavy atom. The monoisotopic (exact) mass is 342 g/mol. The summed E-state index contributed by atoms with van der Waals surface area (Å²) in [6.45, 7) is 0. The Balaban J connectivity index is 2.68. The highest BCUT2D eigenvalue weighted by Crippen LogP contribution is 2.26. The lowest BCUT2D eigenvalue weighted by molar-refractivity contribution is -0.302. The van der Waals surface area contributed by atoms with E-state index in [0.29, 0.717) is 5.56 Å². The highest BCUT2D eigenvalue weighted by atomic mass is 17.2. The van der Waals surface area contributed by atoms with Crippen LogP contribution < -0.4 is 4.74 Å². The second kappa shape index (κ2) is 8.50. The quantitative estimate of drug-likeness (QED) is 0.283. The van der Waals surface area contributed by atoms with E-state index in [1.807, 2.05) is 0 Å². The predicted molar refractivity (Wildman–Crippen MR) is 75.9 cm³/mol. The van der Waals surface area contributed by atoms with Crippen molar-refractivity contribution in [2.75, 3.05) is 7.11 Å². The van der Waals surface area contributed by atoms with Gasteiger partial charge in [-0.05, 0) is 23.8 Å². The van der Waals surface area contributed by atoms with Crippen LogP contribution in [-0.4, -0.2) is 57.7 Å². The van der Waals surface area contributed by atoms with E-state index in [4.69, 9.17) is 20.1 Å². The Kier molecular flexibility index (Phi) is 6.71. The number of phenolic OH excluding ortho intramolecular Hbond substituents is 1. The molecule has 1 aromatic carbocycles. The molecule has 0 heterocycles. The number of phenols is 1. The van der Waals surface area contributed by atoms with Crippen molar-refractivity contribution in [2.24, 2.45) is 0 Å². The number of aliphatic hydroxyl groups excluding tert-OH is 1. The largest absolute Gasteiger partial charge is 0.504 e. The number of ether oxygens (including phenoxy) is 1. The van der Waals surface area contributed by atoms with E-state index in [-0.39, 0.29) is 11.5 Å². The predicted octanol–water partition coefficient (Wildman–Crippen LogP) is -0.213. The van der Waals surface area contributed by atoms with Gasteiger partial charge in [-0.3, -0.25) is 4.89 Å². The average Bonchev–Trinajstić information content (AvgIpc) is 2.53. The highest BCUT2D eigenvalue weighted by Gasteiger charge is 2.35. The standard InChI is InChI=1S/C14H14O10/c1-22-9-6-7(2-4-8(9)15)3-5-10(16)23-24-12(14(20)21)11(17)13(18)19/h2-6,11-12,15,17H,1H3,(H,18,19)(H,20,21)/b5-3+/t11-,12-/m1/s1. The van der Waals surface area contributed by atoms with E-state index in [1.54, 1.807) is 0 Å². The van der Waals surface area contributed by atoms with Crippen LogP contribution in [0.15, 0.2) is 24.3 Å². The molecule has 0 amide bonds. The van der Waals surface area contributed by atoms with Crippen LogP contribution in [-0.2, 0) is 24.2 Å². The van der Waals surface area contributed by atoms with Gasteiger partial charge < -0.3 is 25.2 Å². The van der Waals surface area contributed by atoms with E-state index in [9.17, 15) is 19.5 Å². The van der Waals surface area contributed by atoms with Crippen molar-refractivity contribution in [2.45, 2.75) is 12.2 Å². The zero-order valence-electron chi connectivity index (χ0n) is 12.3. The number of carbonyl (C=O) groups excluding carboxylic acids is 1. The van der Waals surface area contributed by atoms with Crippen LogP contribution in [0.25, 0.3) is 6.08 Å². The number of carboxylic acids is 2. The molecule has 0 radical (unpaired) electrons. The van der Waals surface area contributed by atoms with Crippen molar-refractivity contribution < 1.29 is 49.3 Å². The van der Waals surface area contributed by atoms with Gasteiger partial charge in [0.1, 0.15) is 0 Å². The summed E-state index contributed by atoms with van der Waals surface area (Å²) < 4.78 is 4.87. The van der Waals surface area contributed by atoms with E-state index in [1.165, 1.54) is 31.4 Å². The van der Waals surface area contributed by atoms with Gasteiger partial charge in [-0.1, -0.05) is 6.07 Å². The van der Waals surface area contributed by atoms with Gasteiger partial charge in [-0.2, -0.15) is 4.89 Å². The molecule has 4 N–H and O–H groups in total. The fraction of sp³-hybridized carbons (Fsp3) is 0.214. The number of carbonyl (C=O) groups is 3. The normalized spacial score (nSPS) is 13.2. The summed E-state index contributed by atoms with van der Waals surface area (Å²) in [5, 5.41) is 35.7. The molecule has 0 aliphatic heterocycles. The molecule has 130 valence electrons. The van der Waals surface area contributed by atoms with Gasteiger partial charge in [0, 0.05) is 6.08 Å². The van der Waals surface area contributed by atoms with Crippen molar-refractivity contribution in [3.63, 3.8) is 0 Å². The van der Waals surface area contributed by atoms with Crippen molar-refractivity contribution in [3.05, 3.63) is 29.8 Å². The van der Waals surface area contributed by atoms with E-state index in [2.05, 4.69) is 9.78 Å². The molecule has 1 rings (SSSR count). The second-order valence-electron chi connectivity index (χ2n) is 4.31. The molecule has 0 fully saturated rings. The van der Waals surface area contributed by atoms with E-state index >= 15 is 0 Å². The highest BCUT2D eigenvalue weighted by molar-refractivity contribution is 5.87. The topological polar surface area (TPSA) is 160 Å². The third-order valence-electron chi connectivity index (χ3n) is 2.63. The second-order valence-corrected chi connectivity index (χ2v) is 4.31. The number of rotatable bonds is 8. The lowest BCUT2D eigenvalue weighted by Crippen LogP contribution is -2.42. The molecule has 2 atom stereocenters. The Labute approximate surface area is 135 Å². The van der Waals surface area contributed by atoms with Crippen LogP contribution in [0.2, 0.25) is 0 Å². The number of benzene rings is 1. The summed E-state index contributed by atoms with van der Waals surface area (Å²) >= 11 is 0. The molecule has 0 saturated heterocycles. The van der Waals surface area contributed by atoms with Crippen molar-refractivity contribution in [1.29, 1.82) is 0 Å². The fourth-order valence-electron chi connectivity index (χ4n) is 1.45. The minimum Gasteiger partial charge on any atom is -0.504 e. The van der Waals surface area contributed by atoms with E-state index < -0.39 is 30.1 Å². The van der Waals surface area contributed by atoms with Gasteiger partial charge in [-0.15, -0.1) is 0 Å². The fourth-order valence-corrected chi connectivity index (χ4v) is 1.45. The Hall–Kier alpha value is -3.11. The number of aromatic hydroxyl groups is 1. The maximum atomic E-state index is 11.4. The summed E-state index contributed by atoms with van der Waals surface area (Å²) in [7, 11) is 1.34. The number of carboxylic acid groups (broad SMARTS) is 2. The van der Waals surface area contributed by atoms with Crippen LogP contribution >= 0.6 is 0 Å². The number of aliphatic hydroxyl groups is 1. The number of methoxy groups -OCH3 is 1. The number of aliphatic carboxylic acids is 2. The summed E-state index contributed by atoms with van der Waals surface area (Å²) in [5.74, 6) is -4.77. The molecule has 0 bridgehead atoms. The zero-order chi connectivity index (χ0) is 18.3. The van der Waals surface area contributed by atoms with Crippen molar-refractivity contribution >= 4 is 24.0 Å². The molecular formula is C14H14O10. The van der Waals surface area contributed by atoms with Crippen molar-refractivity contribution in [3.8, 4) is 11.5 Å². The summed E-state index contributed by atoms with van der Waals surface area (Å²) in [5.41, 5.74) is 0.446. The summed E-state index contributed by atoms with van der Waals surface area (Å²) in [6, 6.07) is 4.19. The number of hydrogen-bond donors (Lipinski definition) is 4. The first-order valence-electron chi connectivity index (χ1n) is 6.32. The van der Waals surface area contributed by atoms with Crippen LogP contribution in [0.5, 0.6) is 11.5 Å². The minimum atomic E-state index is -2.42. The molecule has 0 spiro atoms. The van der Waals surface area contributed by atoms with Gasteiger partial charge >= 0.3 is 17.9 Å². The smallest absolute Gasteiger partial charge is 0.366 e. The first-order valence-corrected chi connectivity index (χ1v) is 6.32. The molecule has 0 unspecified atom stereocenters. The van der Waals surface area contributed by atoms with E-state index in [0.717, 1.165) is 6.08 Å². The Morgan fingerprint density at radius 3 is 2.38 bits per heavy atom. The molecule has 0 aliphatic carbocycles. The third kappa shape index (κ3) is 5.26. The van der Waals surface area contributed by atoms with Gasteiger partial charge in [0.15, 0.2) is 17.6 Å². The van der Waals surface area contributed by atoms with Crippen LogP contribution in [0.1, 0.15) is 5.56 Å². The molecular weight excluding hydrogens is 328 g/mol. The lowest BCUT2D eigenvalue weighted by Gasteiger charge is -2.13. The first kappa shape index (κ1) is 18.9. The Morgan fingerprint density at radius 2 is 1.83 bits per heavy atom. The average molecular weight is 342 g/mol. The molecule has 10 nitrogen and oxygen atoms in total. The molecule has 0 aliphatic rings. The van der Waals surface area contributed by atoms with Crippen LogP contribution in [0.3, 0.4) is 0 Å². The molecule has 0 aromatic heterocycles. The van der Waals surface area contributed by atoms with Gasteiger partial charge in [0.2, 0.25) is 6.10 Å². The SMILES string of the molecule is COc1cc(/C=C/C(=O)OO[C@@H](C(=O)O)[C@@H](O)C(=O)O)ccc1O. The maximum Gasteiger partial charge on any atom is 0.366 e. The van der Waals surface area contributed by atoms with Gasteiger partial charge in [0.05, 0.1) is 7.11 Å².